The van der Waals surface area contributed by atoms with Crippen molar-refractivity contribution >= 4 is 21.5 Å². The van der Waals surface area contributed by atoms with Crippen LogP contribution in [0.15, 0.2) is 35.5 Å². The molecule has 7 nitrogen and oxygen atoms in total. The number of hydrogen-bond donors (Lipinski definition) is 0. The van der Waals surface area contributed by atoms with Crippen LogP contribution in [0.1, 0.15) is 25.3 Å². The fourth-order valence-electron chi connectivity index (χ4n) is 5.51. The summed E-state index contributed by atoms with van der Waals surface area (Å²) in [4.78, 5) is 15.9. The summed E-state index contributed by atoms with van der Waals surface area (Å²) in [5, 5.41) is 0. The van der Waals surface area contributed by atoms with Gasteiger partial charge >= 0.3 is 0 Å². The summed E-state index contributed by atoms with van der Waals surface area (Å²) < 4.78 is 37.7. The Morgan fingerprint density at radius 1 is 1.06 bits per heavy atom. The molecule has 3 aliphatic rings. The van der Waals surface area contributed by atoms with Crippen molar-refractivity contribution in [3.63, 3.8) is 0 Å². The zero-order valence-corrected chi connectivity index (χ0v) is 20.2. The van der Waals surface area contributed by atoms with Crippen LogP contribution in [-0.2, 0) is 16.3 Å². The average Bonchev–Trinajstić information content (AvgIpc) is 2.75. The smallest absolute Gasteiger partial charge is 0.225 e. The maximum Gasteiger partial charge on any atom is 0.225 e. The minimum absolute atomic E-state index is 0.0318. The Hall–Kier alpha value is -2.26. The maximum absolute atomic E-state index is 14.5. The number of hydrogen-bond acceptors (Lipinski definition) is 7. The van der Waals surface area contributed by atoms with Crippen molar-refractivity contribution < 1.29 is 12.8 Å². The molecular formula is C24H32FN5O2S. The molecular weight excluding hydrogens is 441 g/mol. The monoisotopic (exact) mass is 473 g/mol. The van der Waals surface area contributed by atoms with E-state index in [9.17, 15) is 12.8 Å². The van der Waals surface area contributed by atoms with E-state index in [1.165, 1.54) is 11.6 Å². The van der Waals surface area contributed by atoms with Crippen molar-refractivity contribution in [2.75, 3.05) is 61.9 Å². The first-order valence-corrected chi connectivity index (χ1v) is 13.7. The van der Waals surface area contributed by atoms with E-state index in [0.717, 1.165) is 83.3 Å². The largest absolute Gasteiger partial charge is 0.368 e. The lowest BCUT2D eigenvalue weighted by Gasteiger charge is -2.61. The predicted molar refractivity (Wildman–Crippen MR) is 127 cm³/mol. The second kappa shape index (κ2) is 8.51. The van der Waals surface area contributed by atoms with Crippen molar-refractivity contribution in [1.29, 1.82) is 0 Å². The molecule has 0 amide bonds. The number of aromatic nitrogens is 2. The second-order valence-corrected chi connectivity index (χ2v) is 12.1. The standard InChI is InChI=1S/C24H32FN5O2S/c1-3-18-11-26-23(27-12-18)29-8-6-19(7-9-29)13-28-14-24(15-28)16-30(17-24)22-5-4-20(10-21(22)25)33(2,31)32/h4-5,10-12,19H,3,6-9,13-17H2,1-2H3. The summed E-state index contributed by atoms with van der Waals surface area (Å²) in [6.45, 7) is 9.05. The zero-order valence-electron chi connectivity index (χ0n) is 19.4. The van der Waals surface area contributed by atoms with E-state index in [-0.39, 0.29) is 10.3 Å². The van der Waals surface area contributed by atoms with Gasteiger partial charge in [-0.2, -0.15) is 0 Å². The van der Waals surface area contributed by atoms with Crippen molar-refractivity contribution in [3.8, 4) is 0 Å². The molecule has 1 aromatic heterocycles. The number of benzene rings is 1. The summed E-state index contributed by atoms with van der Waals surface area (Å²) >= 11 is 0. The fourth-order valence-corrected chi connectivity index (χ4v) is 6.15. The van der Waals surface area contributed by atoms with Gasteiger partial charge in [-0.25, -0.2) is 22.8 Å². The molecule has 0 radical (unpaired) electrons. The van der Waals surface area contributed by atoms with Crippen LogP contribution in [0.25, 0.3) is 0 Å². The van der Waals surface area contributed by atoms with Gasteiger partial charge in [-0.3, -0.25) is 0 Å². The number of aryl methyl sites for hydroxylation is 1. The molecule has 33 heavy (non-hydrogen) atoms. The molecule has 178 valence electrons. The maximum atomic E-state index is 14.5. The number of likely N-dealkylation sites (tertiary alicyclic amines) is 1. The lowest BCUT2D eigenvalue weighted by atomic mass is 9.72. The predicted octanol–water partition coefficient (Wildman–Crippen LogP) is 2.62. The first kappa shape index (κ1) is 22.5. The highest BCUT2D eigenvalue weighted by Gasteiger charge is 2.52. The van der Waals surface area contributed by atoms with Crippen molar-refractivity contribution in [2.45, 2.75) is 31.1 Å². The van der Waals surface area contributed by atoms with Crippen LogP contribution in [0.3, 0.4) is 0 Å². The topological polar surface area (TPSA) is 69.6 Å². The molecule has 0 atom stereocenters. The van der Waals surface area contributed by atoms with Crippen LogP contribution in [0.5, 0.6) is 0 Å². The summed E-state index contributed by atoms with van der Waals surface area (Å²) in [5.41, 5.74) is 1.94. The number of halogens is 1. The number of rotatable bonds is 6. The van der Waals surface area contributed by atoms with E-state index in [2.05, 4.69) is 26.7 Å². The van der Waals surface area contributed by atoms with Crippen LogP contribution in [0.2, 0.25) is 0 Å². The van der Waals surface area contributed by atoms with E-state index in [1.54, 1.807) is 6.07 Å². The van der Waals surface area contributed by atoms with Crippen LogP contribution in [-0.4, -0.2) is 75.4 Å². The minimum Gasteiger partial charge on any atom is -0.368 e. The molecule has 1 spiro atoms. The Labute approximate surface area is 195 Å². The van der Waals surface area contributed by atoms with Gasteiger partial charge in [0.05, 0.1) is 10.6 Å². The molecule has 2 aromatic rings. The number of anilines is 2. The first-order valence-electron chi connectivity index (χ1n) is 11.8. The SMILES string of the molecule is CCc1cnc(N2CCC(CN3CC4(C3)CN(c3ccc(S(C)(=O)=O)cc3F)C4)CC2)nc1. The van der Waals surface area contributed by atoms with Crippen LogP contribution >= 0.6 is 0 Å². The van der Waals surface area contributed by atoms with E-state index >= 15 is 0 Å². The van der Waals surface area contributed by atoms with Crippen molar-refractivity contribution in [1.82, 2.24) is 14.9 Å². The zero-order chi connectivity index (χ0) is 23.2. The fraction of sp³-hybridized carbons (Fsp3) is 0.583. The Bertz CT molecular complexity index is 1100. The Balaban J connectivity index is 1.07. The van der Waals surface area contributed by atoms with Gasteiger partial charge in [0.25, 0.3) is 0 Å². The molecule has 0 aliphatic carbocycles. The quantitative estimate of drug-likeness (QED) is 0.639. The highest BCUT2D eigenvalue weighted by atomic mass is 32.2. The van der Waals surface area contributed by atoms with Gasteiger partial charge < -0.3 is 14.7 Å². The lowest BCUT2D eigenvalue weighted by molar-refractivity contribution is -0.0326. The molecule has 9 heteroatoms. The third-order valence-electron chi connectivity index (χ3n) is 7.37. The van der Waals surface area contributed by atoms with Gasteiger partial charge in [0, 0.05) is 69.9 Å². The van der Waals surface area contributed by atoms with Gasteiger partial charge in [-0.1, -0.05) is 6.92 Å². The van der Waals surface area contributed by atoms with Gasteiger partial charge in [0.2, 0.25) is 5.95 Å². The molecule has 0 unspecified atom stereocenters. The summed E-state index contributed by atoms with van der Waals surface area (Å²) in [6, 6.07) is 4.24. The molecule has 3 aliphatic heterocycles. The molecule has 0 N–H and O–H groups in total. The van der Waals surface area contributed by atoms with Crippen LogP contribution < -0.4 is 9.80 Å². The van der Waals surface area contributed by atoms with E-state index < -0.39 is 15.7 Å². The first-order chi connectivity index (χ1) is 15.7. The molecule has 3 fully saturated rings. The van der Waals surface area contributed by atoms with Crippen LogP contribution in [0.4, 0.5) is 16.0 Å². The molecule has 0 bridgehead atoms. The summed E-state index contributed by atoms with van der Waals surface area (Å²) in [6.07, 6.45) is 8.24. The Morgan fingerprint density at radius 2 is 1.73 bits per heavy atom. The molecule has 3 saturated heterocycles. The highest BCUT2D eigenvalue weighted by Crippen LogP contribution is 2.43. The molecule has 0 saturated carbocycles. The number of piperidine rings is 1. The average molecular weight is 474 g/mol. The third kappa shape index (κ3) is 4.57. The van der Waals surface area contributed by atoms with Gasteiger partial charge in [-0.05, 0) is 48.9 Å². The second-order valence-electron chi connectivity index (χ2n) is 10.1. The Morgan fingerprint density at radius 3 is 2.30 bits per heavy atom. The van der Waals surface area contributed by atoms with E-state index in [4.69, 9.17) is 0 Å². The van der Waals surface area contributed by atoms with Gasteiger partial charge in [0.15, 0.2) is 9.84 Å². The normalized spacial score (nSPS) is 21.2. The number of nitrogens with zero attached hydrogens (tertiary/aromatic N) is 5. The lowest BCUT2D eigenvalue weighted by Crippen LogP contribution is -2.72. The summed E-state index contributed by atoms with van der Waals surface area (Å²) in [7, 11) is -3.39. The Kier molecular flexibility index (Phi) is 5.81. The van der Waals surface area contributed by atoms with E-state index in [0.29, 0.717) is 11.6 Å². The molecule has 5 rings (SSSR count). The van der Waals surface area contributed by atoms with Crippen molar-refractivity contribution in [3.05, 3.63) is 42.0 Å². The van der Waals surface area contributed by atoms with Gasteiger partial charge in [-0.15, -0.1) is 0 Å². The van der Waals surface area contributed by atoms with Crippen LogP contribution in [0, 0.1) is 17.2 Å². The van der Waals surface area contributed by atoms with Gasteiger partial charge in [0.1, 0.15) is 5.82 Å². The molecule has 1 aromatic carbocycles. The minimum atomic E-state index is -3.39. The third-order valence-corrected chi connectivity index (χ3v) is 8.48. The highest BCUT2D eigenvalue weighted by molar-refractivity contribution is 7.90. The molecule has 4 heterocycles. The van der Waals surface area contributed by atoms with Crippen molar-refractivity contribution in [2.24, 2.45) is 11.3 Å². The number of sulfone groups is 1. The van der Waals surface area contributed by atoms with E-state index in [1.807, 2.05) is 17.3 Å². The summed E-state index contributed by atoms with van der Waals surface area (Å²) in [5.74, 6) is 1.09.